The fraction of sp³-hybridized carbons (Fsp3) is 0.316. The smallest absolute Gasteiger partial charge is 0.251 e. The number of halogens is 2. The molecular weight excluding hydrogens is 357 g/mol. The highest BCUT2D eigenvalue weighted by molar-refractivity contribution is 5.96. The van der Waals surface area contributed by atoms with Crippen LogP contribution >= 0.6 is 24.8 Å². The van der Waals surface area contributed by atoms with Crippen LogP contribution in [0.4, 0.5) is 11.4 Å². The van der Waals surface area contributed by atoms with Crippen LogP contribution < -0.4 is 16.0 Å². The minimum Gasteiger partial charge on any atom is -0.399 e. The van der Waals surface area contributed by atoms with Gasteiger partial charge in [-0.1, -0.05) is 24.3 Å². The number of anilines is 2. The number of para-hydroxylation sites is 1. The lowest BCUT2D eigenvalue weighted by molar-refractivity contribution is 0.0932. The molecule has 0 aromatic heterocycles. The van der Waals surface area contributed by atoms with Crippen molar-refractivity contribution in [2.45, 2.75) is 25.8 Å². The Morgan fingerprint density at radius 1 is 1.16 bits per heavy atom. The van der Waals surface area contributed by atoms with E-state index in [0.717, 1.165) is 31.5 Å². The van der Waals surface area contributed by atoms with Crippen molar-refractivity contribution in [3.05, 3.63) is 59.7 Å². The molecule has 2 aromatic rings. The predicted molar refractivity (Wildman–Crippen MR) is 109 cm³/mol. The van der Waals surface area contributed by atoms with Crippen molar-refractivity contribution in [3.8, 4) is 0 Å². The monoisotopic (exact) mass is 381 g/mol. The Morgan fingerprint density at radius 3 is 2.60 bits per heavy atom. The number of aryl methyl sites for hydroxylation is 1. The van der Waals surface area contributed by atoms with Gasteiger partial charge in [-0.25, -0.2) is 0 Å². The second-order valence-electron chi connectivity index (χ2n) is 6.17. The fourth-order valence-corrected chi connectivity index (χ4v) is 3.12. The molecule has 25 heavy (non-hydrogen) atoms. The third kappa shape index (κ3) is 5.28. The number of carbonyl (C=O) groups excluding carboxylic acids is 1. The van der Waals surface area contributed by atoms with Gasteiger partial charge in [0, 0.05) is 36.1 Å². The van der Waals surface area contributed by atoms with Gasteiger partial charge in [0.15, 0.2) is 0 Å². The Bertz CT molecular complexity index is 694. The largest absolute Gasteiger partial charge is 0.399 e. The van der Waals surface area contributed by atoms with Crippen molar-refractivity contribution < 1.29 is 4.79 Å². The standard InChI is InChI=1S/C19H23N3O.2ClH/c1-14-9-10-15(20)12-18(14)19(23)21-16-6-5-11-22(13-16)17-7-3-2-4-8-17;;/h2-4,7-10,12,16H,5-6,11,13,20H2,1H3,(H,21,23);2*1H. The third-order valence-corrected chi connectivity index (χ3v) is 4.38. The van der Waals surface area contributed by atoms with Gasteiger partial charge < -0.3 is 16.0 Å². The van der Waals surface area contributed by atoms with Crippen molar-refractivity contribution in [1.29, 1.82) is 0 Å². The summed E-state index contributed by atoms with van der Waals surface area (Å²) in [6, 6.07) is 16.0. The maximum Gasteiger partial charge on any atom is 0.251 e. The summed E-state index contributed by atoms with van der Waals surface area (Å²) in [5.41, 5.74) is 9.26. The van der Waals surface area contributed by atoms with E-state index in [2.05, 4.69) is 22.3 Å². The molecule has 0 radical (unpaired) electrons. The first kappa shape index (κ1) is 21.1. The molecule has 0 spiro atoms. The van der Waals surface area contributed by atoms with Gasteiger partial charge in [-0.2, -0.15) is 0 Å². The predicted octanol–water partition coefficient (Wildman–Crippen LogP) is 3.82. The van der Waals surface area contributed by atoms with E-state index in [1.807, 2.05) is 37.3 Å². The summed E-state index contributed by atoms with van der Waals surface area (Å²) in [4.78, 5) is 14.9. The van der Waals surface area contributed by atoms with Crippen LogP contribution in [0.15, 0.2) is 48.5 Å². The second kappa shape index (κ2) is 9.54. The number of nitrogens with two attached hydrogens (primary N) is 1. The van der Waals surface area contributed by atoms with Crippen LogP contribution in [0.5, 0.6) is 0 Å². The molecule has 0 aliphatic carbocycles. The number of nitrogen functional groups attached to an aromatic ring is 1. The van der Waals surface area contributed by atoms with E-state index >= 15 is 0 Å². The number of carbonyl (C=O) groups is 1. The zero-order chi connectivity index (χ0) is 16.2. The molecule has 6 heteroatoms. The molecule has 3 rings (SSSR count). The number of benzene rings is 2. The lowest BCUT2D eigenvalue weighted by Crippen LogP contribution is -2.48. The van der Waals surface area contributed by atoms with Gasteiger partial charge in [-0.3, -0.25) is 4.79 Å². The summed E-state index contributed by atoms with van der Waals surface area (Å²) in [5.74, 6) is -0.0327. The molecule has 2 aromatic carbocycles. The first-order valence-corrected chi connectivity index (χ1v) is 8.10. The fourth-order valence-electron chi connectivity index (χ4n) is 3.12. The number of piperidine rings is 1. The average molecular weight is 382 g/mol. The molecule has 136 valence electrons. The SMILES string of the molecule is Cc1ccc(N)cc1C(=O)NC1CCCN(c2ccccc2)C1.Cl.Cl. The van der Waals surface area contributed by atoms with Crippen LogP contribution in [-0.4, -0.2) is 25.0 Å². The molecule has 1 aliphatic rings. The summed E-state index contributed by atoms with van der Waals surface area (Å²) in [5, 5.41) is 3.17. The number of nitrogens with zero attached hydrogens (tertiary/aromatic N) is 1. The molecule has 1 aliphatic heterocycles. The molecular formula is C19H25Cl2N3O. The van der Waals surface area contributed by atoms with Gasteiger partial charge in [-0.15, -0.1) is 24.8 Å². The molecule has 3 N–H and O–H groups in total. The number of amides is 1. The van der Waals surface area contributed by atoms with Crippen LogP contribution in [0.1, 0.15) is 28.8 Å². The van der Waals surface area contributed by atoms with Gasteiger partial charge in [0.25, 0.3) is 5.91 Å². The number of nitrogens with one attached hydrogen (secondary N) is 1. The maximum absolute atomic E-state index is 12.5. The summed E-state index contributed by atoms with van der Waals surface area (Å²) in [7, 11) is 0. The number of rotatable bonds is 3. The van der Waals surface area contributed by atoms with E-state index in [0.29, 0.717) is 11.3 Å². The molecule has 0 saturated carbocycles. The van der Waals surface area contributed by atoms with Crippen LogP contribution in [0.3, 0.4) is 0 Å². The first-order chi connectivity index (χ1) is 11.1. The van der Waals surface area contributed by atoms with E-state index in [4.69, 9.17) is 5.73 Å². The molecule has 1 atom stereocenters. The zero-order valence-corrected chi connectivity index (χ0v) is 15.9. The molecule has 4 nitrogen and oxygen atoms in total. The Morgan fingerprint density at radius 2 is 1.88 bits per heavy atom. The highest BCUT2D eigenvalue weighted by Crippen LogP contribution is 2.20. The lowest BCUT2D eigenvalue weighted by Gasteiger charge is -2.34. The molecule has 1 unspecified atom stereocenters. The van der Waals surface area contributed by atoms with Crippen molar-refractivity contribution in [2.24, 2.45) is 0 Å². The normalized spacial score (nSPS) is 16.4. The summed E-state index contributed by atoms with van der Waals surface area (Å²) in [6.45, 7) is 3.82. The average Bonchev–Trinajstić information content (AvgIpc) is 2.58. The summed E-state index contributed by atoms with van der Waals surface area (Å²) in [6.07, 6.45) is 2.09. The summed E-state index contributed by atoms with van der Waals surface area (Å²) >= 11 is 0. The van der Waals surface area contributed by atoms with Crippen LogP contribution in [-0.2, 0) is 0 Å². The van der Waals surface area contributed by atoms with E-state index < -0.39 is 0 Å². The van der Waals surface area contributed by atoms with Crippen LogP contribution in [0.25, 0.3) is 0 Å². The molecule has 0 bridgehead atoms. The van der Waals surface area contributed by atoms with Gasteiger partial charge >= 0.3 is 0 Å². The Labute approximate surface area is 161 Å². The zero-order valence-electron chi connectivity index (χ0n) is 14.3. The third-order valence-electron chi connectivity index (χ3n) is 4.38. The first-order valence-electron chi connectivity index (χ1n) is 8.10. The van der Waals surface area contributed by atoms with E-state index in [-0.39, 0.29) is 36.8 Å². The number of hydrogen-bond donors (Lipinski definition) is 2. The van der Waals surface area contributed by atoms with Crippen molar-refractivity contribution >= 4 is 42.1 Å². The van der Waals surface area contributed by atoms with E-state index in [1.54, 1.807) is 6.07 Å². The van der Waals surface area contributed by atoms with Crippen molar-refractivity contribution in [3.63, 3.8) is 0 Å². The maximum atomic E-state index is 12.5. The Hall–Kier alpha value is -1.91. The molecule has 1 saturated heterocycles. The van der Waals surface area contributed by atoms with Gasteiger partial charge in [0.05, 0.1) is 0 Å². The molecule has 1 fully saturated rings. The van der Waals surface area contributed by atoms with Gasteiger partial charge in [0.2, 0.25) is 0 Å². The Balaban J connectivity index is 0.00000156. The molecule has 1 heterocycles. The molecule has 1 amide bonds. The van der Waals surface area contributed by atoms with Crippen molar-refractivity contribution in [1.82, 2.24) is 5.32 Å². The minimum atomic E-state index is -0.0327. The van der Waals surface area contributed by atoms with Gasteiger partial charge in [0.1, 0.15) is 0 Å². The quantitative estimate of drug-likeness (QED) is 0.794. The van der Waals surface area contributed by atoms with E-state index in [1.165, 1.54) is 5.69 Å². The summed E-state index contributed by atoms with van der Waals surface area (Å²) < 4.78 is 0. The Kier molecular flexibility index (Phi) is 8.07. The minimum absolute atomic E-state index is 0. The lowest BCUT2D eigenvalue weighted by atomic mass is 10.0. The topological polar surface area (TPSA) is 58.4 Å². The van der Waals surface area contributed by atoms with Gasteiger partial charge in [-0.05, 0) is 49.6 Å². The highest BCUT2D eigenvalue weighted by Gasteiger charge is 2.22. The highest BCUT2D eigenvalue weighted by atomic mass is 35.5. The number of hydrogen-bond acceptors (Lipinski definition) is 3. The van der Waals surface area contributed by atoms with Crippen molar-refractivity contribution in [2.75, 3.05) is 23.7 Å². The second-order valence-corrected chi connectivity index (χ2v) is 6.17. The van der Waals surface area contributed by atoms with Crippen LogP contribution in [0, 0.1) is 6.92 Å². The van der Waals surface area contributed by atoms with E-state index in [9.17, 15) is 4.79 Å². The van der Waals surface area contributed by atoms with Crippen LogP contribution in [0.2, 0.25) is 0 Å².